The summed E-state index contributed by atoms with van der Waals surface area (Å²) in [5.74, 6) is 0.103. The average Bonchev–Trinajstić information content (AvgIpc) is 2.25. The lowest BCUT2D eigenvalue weighted by atomic mass is 10.2. The molecule has 1 aromatic rings. The topological polar surface area (TPSA) is 87.3 Å². The van der Waals surface area contributed by atoms with Gasteiger partial charge in [0, 0.05) is 6.61 Å². The zero-order chi connectivity index (χ0) is 12.8. The third kappa shape index (κ3) is 3.39. The average molecular weight is 239 g/mol. The largest absolute Gasteiger partial charge is 0.462 e. The second-order valence-electron chi connectivity index (χ2n) is 3.34. The van der Waals surface area contributed by atoms with Crippen molar-refractivity contribution < 1.29 is 14.3 Å². The molecular formula is C11H17N3O3. The molecule has 0 aliphatic heterocycles. The first-order chi connectivity index (χ1) is 8.10. The maximum Gasteiger partial charge on any atom is 0.343 e. The molecule has 0 bridgehead atoms. The van der Waals surface area contributed by atoms with Crippen LogP contribution in [0.15, 0.2) is 0 Å². The number of carbonyl (C=O) groups excluding carboxylic acids is 1. The van der Waals surface area contributed by atoms with E-state index >= 15 is 0 Å². The number of aromatic nitrogens is 2. The zero-order valence-electron chi connectivity index (χ0n) is 10.3. The van der Waals surface area contributed by atoms with E-state index < -0.39 is 5.97 Å². The van der Waals surface area contributed by atoms with Crippen LogP contribution in [0.2, 0.25) is 0 Å². The molecule has 0 aliphatic carbocycles. The maximum atomic E-state index is 11.6. The third-order valence-corrected chi connectivity index (χ3v) is 2.08. The van der Waals surface area contributed by atoms with E-state index in [0.717, 1.165) is 0 Å². The third-order valence-electron chi connectivity index (χ3n) is 2.08. The fourth-order valence-corrected chi connectivity index (χ4v) is 1.37. The van der Waals surface area contributed by atoms with Gasteiger partial charge < -0.3 is 15.2 Å². The van der Waals surface area contributed by atoms with Gasteiger partial charge in [-0.05, 0) is 20.8 Å². The van der Waals surface area contributed by atoms with Gasteiger partial charge in [0.1, 0.15) is 18.0 Å². The van der Waals surface area contributed by atoms with Crippen LogP contribution in [0.5, 0.6) is 0 Å². The molecule has 0 amide bonds. The van der Waals surface area contributed by atoms with E-state index in [9.17, 15) is 4.79 Å². The number of nitrogens with zero attached hydrogens (tertiary/aromatic N) is 2. The zero-order valence-corrected chi connectivity index (χ0v) is 10.3. The van der Waals surface area contributed by atoms with Crippen LogP contribution in [0.1, 0.15) is 35.7 Å². The summed E-state index contributed by atoms with van der Waals surface area (Å²) < 4.78 is 10.1. The van der Waals surface area contributed by atoms with E-state index in [4.69, 9.17) is 15.2 Å². The van der Waals surface area contributed by atoms with Crippen molar-refractivity contribution in [2.45, 2.75) is 27.4 Å². The van der Waals surface area contributed by atoms with Crippen molar-refractivity contribution in [2.24, 2.45) is 0 Å². The molecule has 6 nitrogen and oxygen atoms in total. The van der Waals surface area contributed by atoms with E-state index in [1.54, 1.807) is 13.8 Å². The normalized spacial score (nSPS) is 10.3. The minimum Gasteiger partial charge on any atom is -0.462 e. The number of nitrogen functional groups attached to an aromatic ring is 1. The number of hydrogen-bond donors (Lipinski definition) is 1. The SMILES string of the molecule is CCOCc1nc(C)c(C(=O)OCC)c(N)n1. The molecular weight excluding hydrogens is 222 g/mol. The number of esters is 1. The monoisotopic (exact) mass is 239 g/mol. The molecule has 0 aliphatic rings. The van der Waals surface area contributed by atoms with Crippen molar-refractivity contribution in [3.05, 3.63) is 17.1 Å². The summed E-state index contributed by atoms with van der Waals surface area (Å²) in [6.45, 7) is 6.45. The molecule has 1 aromatic heterocycles. The van der Waals surface area contributed by atoms with Crippen LogP contribution in [-0.4, -0.2) is 29.2 Å². The van der Waals surface area contributed by atoms with Gasteiger partial charge in [0.2, 0.25) is 0 Å². The van der Waals surface area contributed by atoms with Gasteiger partial charge in [-0.15, -0.1) is 0 Å². The molecule has 0 saturated heterocycles. The molecule has 1 heterocycles. The van der Waals surface area contributed by atoms with Crippen molar-refractivity contribution in [3.8, 4) is 0 Å². The standard InChI is InChI=1S/C11H17N3O3/c1-4-16-6-8-13-7(3)9(10(12)14-8)11(15)17-5-2/h4-6H2,1-3H3,(H2,12,13,14). The molecule has 0 atom stereocenters. The lowest BCUT2D eigenvalue weighted by molar-refractivity contribution is 0.0525. The lowest BCUT2D eigenvalue weighted by Gasteiger charge is -2.09. The van der Waals surface area contributed by atoms with E-state index in [1.165, 1.54) is 0 Å². The van der Waals surface area contributed by atoms with Crippen LogP contribution in [0.4, 0.5) is 5.82 Å². The number of nitrogens with two attached hydrogens (primary N) is 1. The van der Waals surface area contributed by atoms with Gasteiger partial charge in [-0.25, -0.2) is 14.8 Å². The Bertz CT molecular complexity index is 384. The molecule has 94 valence electrons. The highest BCUT2D eigenvalue weighted by atomic mass is 16.5. The maximum absolute atomic E-state index is 11.6. The van der Waals surface area contributed by atoms with Gasteiger partial charge in [-0.3, -0.25) is 0 Å². The first-order valence-corrected chi connectivity index (χ1v) is 5.48. The molecule has 0 saturated carbocycles. The molecule has 0 spiro atoms. The number of rotatable bonds is 5. The molecule has 1 rings (SSSR count). The highest BCUT2D eigenvalue weighted by Crippen LogP contribution is 2.14. The fourth-order valence-electron chi connectivity index (χ4n) is 1.37. The van der Waals surface area contributed by atoms with Crippen molar-refractivity contribution in [1.29, 1.82) is 0 Å². The van der Waals surface area contributed by atoms with Crippen molar-refractivity contribution in [1.82, 2.24) is 9.97 Å². The van der Waals surface area contributed by atoms with Crippen molar-refractivity contribution in [3.63, 3.8) is 0 Å². The summed E-state index contributed by atoms with van der Waals surface area (Å²) in [7, 11) is 0. The summed E-state index contributed by atoms with van der Waals surface area (Å²) in [6, 6.07) is 0. The second kappa shape index (κ2) is 6.15. The van der Waals surface area contributed by atoms with Crippen LogP contribution >= 0.6 is 0 Å². The Morgan fingerprint density at radius 3 is 2.53 bits per heavy atom. The van der Waals surface area contributed by atoms with Crippen LogP contribution < -0.4 is 5.73 Å². The second-order valence-corrected chi connectivity index (χ2v) is 3.34. The van der Waals surface area contributed by atoms with E-state index in [2.05, 4.69) is 9.97 Å². The molecule has 6 heteroatoms. The first-order valence-electron chi connectivity index (χ1n) is 5.48. The summed E-state index contributed by atoms with van der Waals surface area (Å²) in [5, 5.41) is 0. The molecule has 17 heavy (non-hydrogen) atoms. The fraction of sp³-hybridized carbons (Fsp3) is 0.545. The number of ether oxygens (including phenoxy) is 2. The van der Waals surface area contributed by atoms with E-state index in [-0.39, 0.29) is 18.0 Å². The highest BCUT2D eigenvalue weighted by Gasteiger charge is 2.17. The van der Waals surface area contributed by atoms with Crippen LogP contribution in [0, 0.1) is 6.92 Å². The number of aryl methyl sites for hydroxylation is 1. The summed E-state index contributed by atoms with van der Waals surface area (Å²) >= 11 is 0. The first kappa shape index (κ1) is 13.4. The number of carbonyl (C=O) groups is 1. The minimum atomic E-state index is -0.495. The lowest BCUT2D eigenvalue weighted by Crippen LogP contribution is -2.15. The predicted molar refractivity (Wildman–Crippen MR) is 62.5 cm³/mol. The van der Waals surface area contributed by atoms with Crippen molar-refractivity contribution >= 4 is 11.8 Å². The van der Waals surface area contributed by atoms with Gasteiger partial charge in [-0.2, -0.15) is 0 Å². The van der Waals surface area contributed by atoms with Gasteiger partial charge >= 0.3 is 5.97 Å². The molecule has 0 aromatic carbocycles. The Labute approximate surface area is 100 Å². The number of hydrogen-bond acceptors (Lipinski definition) is 6. The Hall–Kier alpha value is -1.69. The predicted octanol–water partition coefficient (Wildman–Crippen LogP) is 1.08. The van der Waals surface area contributed by atoms with E-state index in [1.807, 2.05) is 6.92 Å². The minimum absolute atomic E-state index is 0.130. The molecule has 0 fully saturated rings. The smallest absolute Gasteiger partial charge is 0.343 e. The van der Waals surface area contributed by atoms with Gasteiger partial charge in [0.25, 0.3) is 0 Å². The van der Waals surface area contributed by atoms with Crippen LogP contribution in [-0.2, 0) is 16.1 Å². The molecule has 0 radical (unpaired) electrons. The Morgan fingerprint density at radius 2 is 2.00 bits per heavy atom. The Balaban J connectivity index is 2.97. The van der Waals surface area contributed by atoms with Crippen molar-refractivity contribution in [2.75, 3.05) is 18.9 Å². The number of anilines is 1. The summed E-state index contributed by atoms with van der Waals surface area (Å²) in [4.78, 5) is 19.8. The molecule has 2 N–H and O–H groups in total. The van der Waals surface area contributed by atoms with Gasteiger partial charge in [0.05, 0.1) is 12.3 Å². The van der Waals surface area contributed by atoms with E-state index in [0.29, 0.717) is 24.7 Å². The van der Waals surface area contributed by atoms with Gasteiger partial charge in [-0.1, -0.05) is 0 Å². The summed E-state index contributed by atoms with van der Waals surface area (Å²) in [5.41, 5.74) is 6.45. The van der Waals surface area contributed by atoms with Crippen LogP contribution in [0.25, 0.3) is 0 Å². The quantitative estimate of drug-likeness (QED) is 0.773. The Morgan fingerprint density at radius 1 is 1.29 bits per heavy atom. The molecule has 0 unspecified atom stereocenters. The highest BCUT2D eigenvalue weighted by molar-refractivity contribution is 5.95. The van der Waals surface area contributed by atoms with Crippen LogP contribution in [0.3, 0.4) is 0 Å². The Kier molecular flexibility index (Phi) is 4.84. The summed E-state index contributed by atoms with van der Waals surface area (Å²) in [6.07, 6.45) is 0. The van der Waals surface area contributed by atoms with Gasteiger partial charge in [0.15, 0.2) is 5.82 Å².